The molecule has 0 aliphatic carbocycles. The minimum absolute atomic E-state index is 0.170. The summed E-state index contributed by atoms with van der Waals surface area (Å²) in [7, 11) is 0. The lowest BCUT2D eigenvalue weighted by atomic mass is 9.98. The number of carbonyl (C=O) groups excluding carboxylic acids is 3. The maximum atomic E-state index is 13.3. The molecule has 3 amide bonds. The van der Waals surface area contributed by atoms with E-state index in [0.29, 0.717) is 17.9 Å². The van der Waals surface area contributed by atoms with Crippen molar-refractivity contribution in [1.29, 1.82) is 0 Å². The van der Waals surface area contributed by atoms with Crippen LogP contribution >= 0.6 is 0 Å². The molecule has 2 fully saturated rings. The van der Waals surface area contributed by atoms with Gasteiger partial charge in [-0.1, -0.05) is 38.1 Å². The second-order valence-electron chi connectivity index (χ2n) is 8.02. The van der Waals surface area contributed by atoms with Gasteiger partial charge in [0.05, 0.1) is 5.69 Å². The van der Waals surface area contributed by atoms with E-state index >= 15 is 0 Å². The van der Waals surface area contributed by atoms with E-state index in [4.69, 9.17) is 0 Å². The molecule has 1 aromatic rings. The Hall–Kier alpha value is -2.73. The van der Waals surface area contributed by atoms with E-state index in [9.17, 15) is 14.4 Å². The van der Waals surface area contributed by atoms with Gasteiger partial charge in [0.1, 0.15) is 6.04 Å². The van der Waals surface area contributed by atoms with Crippen LogP contribution in [0.4, 0.5) is 5.69 Å². The largest absolute Gasteiger partial charge is 0.317 e. The number of carbonyl (C=O) groups is 3. The van der Waals surface area contributed by atoms with Crippen LogP contribution in [0.2, 0.25) is 0 Å². The van der Waals surface area contributed by atoms with Crippen molar-refractivity contribution >= 4 is 29.0 Å². The van der Waals surface area contributed by atoms with Crippen molar-refractivity contribution in [3.63, 3.8) is 0 Å². The molecule has 0 saturated carbocycles. The molecule has 6 heteroatoms. The summed E-state index contributed by atoms with van der Waals surface area (Å²) in [6.45, 7) is 8.07. The van der Waals surface area contributed by atoms with Gasteiger partial charge >= 0.3 is 0 Å². The molecule has 3 heterocycles. The van der Waals surface area contributed by atoms with Crippen molar-refractivity contribution in [3.05, 3.63) is 47.6 Å². The van der Waals surface area contributed by atoms with Gasteiger partial charge in [0.2, 0.25) is 11.8 Å². The topological polar surface area (TPSA) is 78.5 Å². The van der Waals surface area contributed by atoms with Gasteiger partial charge in [-0.15, -0.1) is 0 Å². The van der Waals surface area contributed by atoms with Crippen LogP contribution in [-0.2, 0) is 14.4 Å². The quantitative estimate of drug-likeness (QED) is 0.576. The summed E-state index contributed by atoms with van der Waals surface area (Å²) in [5.74, 6) is -0.333. The predicted octanol–water partition coefficient (Wildman–Crippen LogP) is 3.50. The Morgan fingerprint density at radius 1 is 1.06 bits per heavy atom. The lowest BCUT2D eigenvalue weighted by Gasteiger charge is -2.29. The molecule has 6 nitrogen and oxygen atoms in total. The maximum absolute atomic E-state index is 13.3. The zero-order valence-electron chi connectivity index (χ0n) is 18.7. The van der Waals surface area contributed by atoms with Crippen LogP contribution in [0.5, 0.6) is 0 Å². The average molecular weight is 424 g/mol. The first-order chi connectivity index (χ1) is 15.1. The molecular weight excluding hydrogens is 390 g/mol. The number of benzene rings is 1. The van der Waals surface area contributed by atoms with Crippen LogP contribution in [-0.4, -0.2) is 36.9 Å². The van der Waals surface area contributed by atoms with Crippen LogP contribution in [0.15, 0.2) is 36.4 Å². The van der Waals surface area contributed by atoms with Crippen molar-refractivity contribution in [3.8, 4) is 0 Å². The van der Waals surface area contributed by atoms with Gasteiger partial charge in [-0.05, 0) is 69.3 Å². The predicted molar refractivity (Wildman–Crippen MR) is 124 cm³/mol. The van der Waals surface area contributed by atoms with Crippen molar-refractivity contribution < 1.29 is 14.4 Å². The molecule has 2 N–H and O–H groups in total. The standard InChI is InChI=1S/C23H27N3O3.C2H6/c1-15-5-2-9-18-21(15)17(8-3-6-16-7-4-13-24-14-12-16)23(29)26(18)19-10-11-20(27)25-22(19)28;1-2/h2-3,5-6,8-9,16,19,24H,4,7,10-14H2,1H3,(H,25,27,28);1-2H3/b6-3+,17-8+;. The van der Waals surface area contributed by atoms with Crippen LogP contribution in [0.25, 0.3) is 5.57 Å². The fourth-order valence-corrected chi connectivity index (χ4v) is 4.49. The molecular formula is C25H33N3O3. The minimum Gasteiger partial charge on any atom is -0.317 e. The van der Waals surface area contributed by atoms with E-state index in [0.717, 1.165) is 49.2 Å². The number of nitrogens with one attached hydrogen (secondary N) is 2. The molecule has 0 bridgehead atoms. The molecule has 3 aliphatic heterocycles. The molecule has 1 aromatic carbocycles. The molecule has 0 spiro atoms. The van der Waals surface area contributed by atoms with E-state index in [1.807, 2.05) is 51.1 Å². The molecule has 0 radical (unpaired) electrons. The summed E-state index contributed by atoms with van der Waals surface area (Å²) in [5.41, 5.74) is 3.26. The molecule has 2 unspecified atom stereocenters. The second kappa shape index (κ2) is 10.5. The molecule has 166 valence electrons. The van der Waals surface area contributed by atoms with E-state index in [1.54, 1.807) is 4.90 Å². The summed E-state index contributed by atoms with van der Waals surface area (Å²) in [6, 6.07) is 5.11. The van der Waals surface area contributed by atoms with Gasteiger partial charge in [-0.25, -0.2) is 0 Å². The van der Waals surface area contributed by atoms with Crippen molar-refractivity contribution in [2.75, 3.05) is 18.0 Å². The van der Waals surface area contributed by atoms with Crippen molar-refractivity contribution in [2.45, 2.75) is 58.9 Å². The molecule has 4 rings (SSSR count). The van der Waals surface area contributed by atoms with Crippen LogP contribution < -0.4 is 15.5 Å². The summed E-state index contributed by atoms with van der Waals surface area (Å²) < 4.78 is 0. The van der Waals surface area contributed by atoms with Crippen LogP contribution in [0.3, 0.4) is 0 Å². The number of fused-ring (bicyclic) bond motifs is 1. The van der Waals surface area contributed by atoms with Crippen LogP contribution in [0, 0.1) is 12.8 Å². The van der Waals surface area contributed by atoms with Gasteiger partial charge in [-0.2, -0.15) is 0 Å². The highest BCUT2D eigenvalue weighted by Gasteiger charge is 2.42. The number of piperidine rings is 1. The molecule has 2 atom stereocenters. The third-order valence-electron chi connectivity index (χ3n) is 6.02. The van der Waals surface area contributed by atoms with Crippen molar-refractivity contribution in [2.24, 2.45) is 5.92 Å². The summed E-state index contributed by atoms with van der Waals surface area (Å²) in [4.78, 5) is 38.9. The number of hydrogen-bond acceptors (Lipinski definition) is 4. The zero-order valence-corrected chi connectivity index (χ0v) is 18.7. The van der Waals surface area contributed by atoms with Gasteiger partial charge in [0, 0.05) is 17.6 Å². The number of anilines is 1. The maximum Gasteiger partial charge on any atom is 0.259 e. The highest BCUT2D eigenvalue weighted by atomic mass is 16.2. The highest BCUT2D eigenvalue weighted by Crippen LogP contribution is 2.41. The first kappa shape index (κ1) is 22.9. The number of allylic oxidation sites excluding steroid dienone is 3. The molecule has 3 aliphatic rings. The monoisotopic (exact) mass is 423 g/mol. The lowest BCUT2D eigenvalue weighted by Crippen LogP contribution is -2.53. The third-order valence-corrected chi connectivity index (χ3v) is 6.02. The Morgan fingerprint density at radius 3 is 2.65 bits per heavy atom. The number of hydrogen-bond donors (Lipinski definition) is 2. The Labute approximate surface area is 184 Å². The van der Waals surface area contributed by atoms with E-state index < -0.39 is 11.9 Å². The third kappa shape index (κ3) is 4.96. The lowest BCUT2D eigenvalue weighted by molar-refractivity contribution is -0.135. The van der Waals surface area contributed by atoms with E-state index in [1.165, 1.54) is 0 Å². The van der Waals surface area contributed by atoms with E-state index in [2.05, 4.69) is 16.7 Å². The van der Waals surface area contributed by atoms with Gasteiger partial charge in [0.25, 0.3) is 5.91 Å². The van der Waals surface area contributed by atoms with Gasteiger partial charge in [-0.3, -0.25) is 24.6 Å². The van der Waals surface area contributed by atoms with Crippen molar-refractivity contribution in [1.82, 2.24) is 10.6 Å². The van der Waals surface area contributed by atoms with Gasteiger partial charge in [0.15, 0.2) is 0 Å². The first-order valence-electron chi connectivity index (χ1n) is 11.4. The zero-order chi connectivity index (χ0) is 22.4. The van der Waals surface area contributed by atoms with Crippen LogP contribution in [0.1, 0.15) is 57.1 Å². The number of nitrogens with zero attached hydrogens (tertiary/aromatic N) is 1. The number of rotatable bonds is 3. The number of imide groups is 1. The van der Waals surface area contributed by atoms with E-state index in [-0.39, 0.29) is 18.2 Å². The number of aryl methyl sites for hydroxylation is 1. The summed E-state index contributed by atoms with van der Waals surface area (Å²) in [6.07, 6.45) is 10.1. The average Bonchev–Trinajstić information content (AvgIpc) is 2.90. The molecule has 0 aromatic heterocycles. The fourth-order valence-electron chi connectivity index (χ4n) is 4.49. The van der Waals surface area contributed by atoms with Gasteiger partial charge < -0.3 is 5.32 Å². The molecule has 31 heavy (non-hydrogen) atoms. The number of amides is 3. The first-order valence-corrected chi connectivity index (χ1v) is 11.4. The smallest absolute Gasteiger partial charge is 0.259 e. The molecule has 2 saturated heterocycles. The second-order valence-corrected chi connectivity index (χ2v) is 8.02. The Morgan fingerprint density at radius 2 is 1.87 bits per heavy atom. The summed E-state index contributed by atoms with van der Waals surface area (Å²) in [5, 5.41) is 5.78. The Balaban J connectivity index is 0.00000132. The Kier molecular flexibility index (Phi) is 7.80. The summed E-state index contributed by atoms with van der Waals surface area (Å²) >= 11 is 0. The Bertz CT molecular complexity index is 895. The normalized spacial score (nSPS) is 25.2. The minimum atomic E-state index is -0.649. The highest BCUT2D eigenvalue weighted by molar-refractivity contribution is 6.34. The SMILES string of the molecule is CC.Cc1cccc2c1/C(=C\C=C\C1CCCNCC1)C(=O)N2C1CCC(=O)NC1=O. The fraction of sp³-hybridized carbons (Fsp3) is 0.480.